The third-order valence-electron chi connectivity index (χ3n) is 2.92. The summed E-state index contributed by atoms with van der Waals surface area (Å²) in [6.07, 6.45) is -0.676. The molecule has 102 valence electrons. The summed E-state index contributed by atoms with van der Waals surface area (Å²) in [6.45, 7) is 8.32. The van der Waals surface area contributed by atoms with Crippen molar-refractivity contribution >= 4 is 12.0 Å². The smallest absolute Gasteiger partial charge is 0.326 e. The molecule has 1 aliphatic heterocycles. The zero-order valence-electron chi connectivity index (χ0n) is 10.8. The molecule has 1 fully saturated rings. The molecular formula is C12H20N2O4. The summed E-state index contributed by atoms with van der Waals surface area (Å²) < 4.78 is 0. The molecule has 0 saturated carbocycles. The van der Waals surface area contributed by atoms with E-state index in [0.29, 0.717) is 13.1 Å². The largest absolute Gasteiger partial charge is 0.480 e. The van der Waals surface area contributed by atoms with Crippen LogP contribution in [0.5, 0.6) is 0 Å². The van der Waals surface area contributed by atoms with Crippen molar-refractivity contribution in [2.45, 2.75) is 32.4 Å². The SMILES string of the molecule is C=C(C)CN(CC)C(=O)N1CC(O)CC1C(=O)O. The van der Waals surface area contributed by atoms with Gasteiger partial charge in [0, 0.05) is 26.1 Å². The molecule has 1 rings (SSSR count). The highest BCUT2D eigenvalue weighted by Crippen LogP contribution is 2.20. The number of amides is 2. The number of β-amino-alcohol motifs (C(OH)–C–C–N with tert-alkyl or cyclic N) is 1. The van der Waals surface area contributed by atoms with Crippen molar-refractivity contribution in [3.8, 4) is 0 Å². The number of urea groups is 1. The van der Waals surface area contributed by atoms with Crippen LogP contribution in [0.2, 0.25) is 0 Å². The summed E-state index contributed by atoms with van der Waals surface area (Å²) in [4.78, 5) is 26.0. The lowest BCUT2D eigenvalue weighted by molar-refractivity contribution is -0.141. The number of aliphatic hydroxyl groups excluding tert-OH is 1. The third kappa shape index (κ3) is 3.22. The molecule has 0 radical (unpaired) electrons. The van der Waals surface area contributed by atoms with E-state index in [1.54, 1.807) is 0 Å². The average molecular weight is 256 g/mol. The molecule has 2 unspecified atom stereocenters. The van der Waals surface area contributed by atoms with Crippen LogP contribution in [-0.2, 0) is 4.79 Å². The van der Waals surface area contributed by atoms with Crippen LogP contribution in [0.3, 0.4) is 0 Å². The van der Waals surface area contributed by atoms with E-state index in [9.17, 15) is 14.7 Å². The molecular weight excluding hydrogens is 236 g/mol. The number of carbonyl (C=O) groups is 2. The Bertz CT molecular complexity index is 356. The fourth-order valence-electron chi connectivity index (χ4n) is 2.08. The fraction of sp³-hybridized carbons (Fsp3) is 0.667. The number of aliphatic carboxylic acids is 1. The van der Waals surface area contributed by atoms with E-state index < -0.39 is 18.1 Å². The lowest BCUT2D eigenvalue weighted by Crippen LogP contribution is -2.48. The second-order valence-corrected chi connectivity index (χ2v) is 4.65. The van der Waals surface area contributed by atoms with Gasteiger partial charge in [-0.3, -0.25) is 0 Å². The van der Waals surface area contributed by atoms with E-state index in [4.69, 9.17) is 5.11 Å². The molecule has 6 heteroatoms. The molecule has 0 bridgehead atoms. The lowest BCUT2D eigenvalue weighted by atomic mass is 10.2. The highest BCUT2D eigenvalue weighted by Gasteiger charge is 2.40. The second kappa shape index (κ2) is 5.86. The van der Waals surface area contributed by atoms with Gasteiger partial charge in [0.15, 0.2) is 0 Å². The molecule has 6 nitrogen and oxygen atoms in total. The average Bonchev–Trinajstić information content (AvgIpc) is 2.67. The predicted octanol–water partition coefficient (Wildman–Crippen LogP) is 0.524. The number of hydrogen-bond donors (Lipinski definition) is 2. The van der Waals surface area contributed by atoms with Crippen molar-refractivity contribution in [1.82, 2.24) is 9.80 Å². The standard InChI is InChI=1S/C12H20N2O4/c1-4-13(6-8(2)3)12(18)14-7-9(15)5-10(14)11(16)17/h9-10,15H,2,4-7H2,1,3H3,(H,16,17). The van der Waals surface area contributed by atoms with Gasteiger partial charge in [-0.05, 0) is 13.8 Å². The van der Waals surface area contributed by atoms with Crippen molar-refractivity contribution in [1.29, 1.82) is 0 Å². The van der Waals surface area contributed by atoms with Crippen LogP contribution < -0.4 is 0 Å². The van der Waals surface area contributed by atoms with Crippen molar-refractivity contribution in [3.63, 3.8) is 0 Å². The van der Waals surface area contributed by atoms with E-state index in [0.717, 1.165) is 5.57 Å². The van der Waals surface area contributed by atoms with Crippen molar-refractivity contribution in [2.24, 2.45) is 0 Å². The Hall–Kier alpha value is -1.56. The zero-order valence-corrected chi connectivity index (χ0v) is 10.8. The molecule has 1 saturated heterocycles. The number of aliphatic hydroxyl groups is 1. The molecule has 2 atom stereocenters. The fourth-order valence-corrected chi connectivity index (χ4v) is 2.08. The van der Waals surface area contributed by atoms with E-state index in [2.05, 4.69) is 6.58 Å². The van der Waals surface area contributed by atoms with Gasteiger partial charge >= 0.3 is 12.0 Å². The minimum Gasteiger partial charge on any atom is -0.480 e. The minimum absolute atomic E-state index is 0.0719. The predicted molar refractivity (Wildman–Crippen MR) is 66.2 cm³/mol. The molecule has 0 aliphatic carbocycles. The van der Waals surface area contributed by atoms with Gasteiger partial charge in [0.05, 0.1) is 6.10 Å². The molecule has 0 aromatic heterocycles. The number of carbonyl (C=O) groups excluding carboxylic acids is 1. The first kappa shape index (κ1) is 14.5. The maximum absolute atomic E-state index is 12.2. The number of carboxylic acids is 1. The first-order valence-corrected chi connectivity index (χ1v) is 5.97. The quantitative estimate of drug-likeness (QED) is 0.719. The summed E-state index contributed by atoms with van der Waals surface area (Å²) in [5.41, 5.74) is 0.830. The maximum Gasteiger partial charge on any atom is 0.326 e. The highest BCUT2D eigenvalue weighted by molar-refractivity contribution is 5.83. The summed E-state index contributed by atoms with van der Waals surface area (Å²) in [5.74, 6) is -1.08. The second-order valence-electron chi connectivity index (χ2n) is 4.65. The van der Waals surface area contributed by atoms with Crippen LogP contribution in [0, 0.1) is 0 Å². The van der Waals surface area contributed by atoms with Gasteiger partial charge in [0.2, 0.25) is 0 Å². The topological polar surface area (TPSA) is 81.1 Å². The van der Waals surface area contributed by atoms with Crippen LogP contribution in [0.25, 0.3) is 0 Å². The van der Waals surface area contributed by atoms with Crippen LogP contribution in [-0.4, -0.2) is 63.8 Å². The van der Waals surface area contributed by atoms with E-state index in [-0.39, 0.29) is 19.0 Å². The van der Waals surface area contributed by atoms with Crippen LogP contribution in [0.15, 0.2) is 12.2 Å². The maximum atomic E-state index is 12.2. The first-order valence-electron chi connectivity index (χ1n) is 5.97. The van der Waals surface area contributed by atoms with E-state index >= 15 is 0 Å². The summed E-state index contributed by atoms with van der Waals surface area (Å²) >= 11 is 0. The summed E-state index contributed by atoms with van der Waals surface area (Å²) in [7, 11) is 0. The normalized spacial score (nSPS) is 22.9. The molecule has 1 aliphatic rings. The van der Waals surface area contributed by atoms with E-state index in [1.807, 2.05) is 13.8 Å². The molecule has 0 spiro atoms. The first-order chi connectivity index (χ1) is 8.36. The zero-order chi connectivity index (χ0) is 13.9. The number of rotatable bonds is 4. The number of nitrogens with zero attached hydrogens (tertiary/aromatic N) is 2. The summed E-state index contributed by atoms with van der Waals surface area (Å²) in [6, 6.07) is -1.30. The number of likely N-dealkylation sites (tertiary alicyclic amines) is 1. The van der Waals surface area contributed by atoms with Crippen LogP contribution >= 0.6 is 0 Å². The molecule has 0 aromatic carbocycles. The van der Waals surface area contributed by atoms with Gasteiger partial charge in [0.1, 0.15) is 6.04 Å². The molecule has 0 aromatic rings. The van der Waals surface area contributed by atoms with Gasteiger partial charge < -0.3 is 20.0 Å². The Labute approximate surface area is 106 Å². The number of hydrogen-bond acceptors (Lipinski definition) is 3. The Morgan fingerprint density at radius 1 is 1.50 bits per heavy atom. The molecule has 2 amide bonds. The van der Waals surface area contributed by atoms with E-state index in [1.165, 1.54) is 9.80 Å². The number of likely N-dealkylation sites (N-methyl/N-ethyl adjacent to an activating group) is 1. The van der Waals surface area contributed by atoms with Gasteiger partial charge in [0.25, 0.3) is 0 Å². The Morgan fingerprint density at radius 2 is 2.11 bits per heavy atom. The van der Waals surface area contributed by atoms with Gasteiger partial charge in [-0.1, -0.05) is 12.2 Å². The molecule has 18 heavy (non-hydrogen) atoms. The van der Waals surface area contributed by atoms with Crippen molar-refractivity contribution in [2.75, 3.05) is 19.6 Å². The van der Waals surface area contributed by atoms with Crippen molar-refractivity contribution in [3.05, 3.63) is 12.2 Å². The van der Waals surface area contributed by atoms with Crippen molar-refractivity contribution < 1.29 is 19.8 Å². The molecule has 1 heterocycles. The monoisotopic (exact) mass is 256 g/mol. The highest BCUT2D eigenvalue weighted by atomic mass is 16.4. The Morgan fingerprint density at radius 3 is 2.56 bits per heavy atom. The Balaban J connectivity index is 2.80. The van der Waals surface area contributed by atoms with Crippen LogP contribution in [0.4, 0.5) is 4.79 Å². The van der Waals surface area contributed by atoms with Gasteiger partial charge in [-0.15, -0.1) is 0 Å². The minimum atomic E-state index is -1.08. The number of carboxylic acid groups (broad SMARTS) is 1. The third-order valence-corrected chi connectivity index (χ3v) is 2.92. The summed E-state index contributed by atoms with van der Waals surface area (Å²) in [5, 5.41) is 18.6. The lowest BCUT2D eigenvalue weighted by Gasteiger charge is -2.29. The molecule has 2 N–H and O–H groups in total. The van der Waals surface area contributed by atoms with Gasteiger partial charge in [-0.25, -0.2) is 9.59 Å². The Kier molecular flexibility index (Phi) is 4.72. The van der Waals surface area contributed by atoms with Crippen LogP contribution in [0.1, 0.15) is 20.3 Å². The van der Waals surface area contributed by atoms with Gasteiger partial charge in [-0.2, -0.15) is 0 Å².